The quantitative estimate of drug-likeness (QED) is 0.366. The third-order valence-electron chi connectivity index (χ3n) is 5.43. The van der Waals surface area contributed by atoms with Crippen LogP contribution in [-0.2, 0) is 4.79 Å². The Labute approximate surface area is 209 Å². The van der Waals surface area contributed by atoms with Crippen molar-refractivity contribution in [2.75, 3.05) is 17.7 Å². The predicted molar refractivity (Wildman–Crippen MR) is 128 cm³/mol. The number of anilines is 2. The van der Waals surface area contributed by atoms with Gasteiger partial charge in [-0.15, -0.1) is 23.2 Å². The van der Waals surface area contributed by atoms with Crippen molar-refractivity contribution in [3.05, 3.63) is 88.4 Å². The van der Waals surface area contributed by atoms with Gasteiger partial charge in [0.25, 0.3) is 5.91 Å². The first-order valence-electron chi connectivity index (χ1n) is 10.0. The van der Waals surface area contributed by atoms with Gasteiger partial charge in [-0.1, -0.05) is 35.9 Å². The number of methoxy groups -OCH3 is 1. The number of ether oxygens (including phenoxy) is 1. The zero-order chi connectivity index (χ0) is 24.6. The molecule has 2 N–H and O–H groups in total. The largest absolute Gasteiger partial charge is 0.493 e. The number of carbonyl (C=O) groups is 2. The molecule has 1 saturated carbocycles. The van der Waals surface area contributed by atoms with Gasteiger partial charge in [-0.3, -0.25) is 9.59 Å². The van der Waals surface area contributed by atoms with Crippen molar-refractivity contribution < 1.29 is 23.1 Å². The van der Waals surface area contributed by atoms with Crippen molar-refractivity contribution >= 4 is 58.0 Å². The molecule has 2 amide bonds. The van der Waals surface area contributed by atoms with Crippen LogP contribution in [-0.4, -0.2) is 23.3 Å². The predicted octanol–water partition coefficient (Wildman–Crippen LogP) is 6.41. The number of para-hydroxylation sites is 1. The van der Waals surface area contributed by atoms with Gasteiger partial charge >= 0.3 is 0 Å². The summed E-state index contributed by atoms with van der Waals surface area (Å²) in [6.45, 7) is 0. The van der Waals surface area contributed by atoms with E-state index >= 15 is 0 Å². The van der Waals surface area contributed by atoms with E-state index in [0.29, 0.717) is 11.3 Å². The number of carbonyl (C=O) groups excluding carboxylic acids is 2. The first kappa shape index (κ1) is 24.3. The van der Waals surface area contributed by atoms with Gasteiger partial charge in [0.05, 0.1) is 23.6 Å². The summed E-state index contributed by atoms with van der Waals surface area (Å²) in [5, 5.41) is 5.06. The van der Waals surface area contributed by atoms with Crippen molar-refractivity contribution in [3.8, 4) is 5.75 Å². The summed E-state index contributed by atoms with van der Waals surface area (Å²) in [4.78, 5) is 25.7. The van der Waals surface area contributed by atoms with E-state index in [-0.39, 0.29) is 22.0 Å². The molecule has 0 saturated heterocycles. The monoisotopic (exact) mass is 524 g/mol. The van der Waals surface area contributed by atoms with E-state index in [2.05, 4.69) is 10.6 Å². The maximum absolute atomic E-state index is 14.7. The van der Waals surface area contributed by atoms with Crippen LogP contribution in [0.2, 0.25) is 5.02 Å². The van der Waals surface area contributed by atoms with Gasteiger partial charge in [0, 0.05) is 23.4 Å². The molecule has 5 nitrogen and oxygen atoms in total. The molecule has 1 fully saturated rings. The van der Waals surface area contributed by atoms with Crippen molar-refractivity contribution in [2.24, 2.45) is 5.92 Å². The lowest BCUT2D eigenvalue weighted by Gasteiger charge is -2.13. The summed E-state index contributed by atoms with van der Waals surface area (Å²) in [7, 11) is 1.23. The number of rotatable bonds is 6. The second-order valence-corrected chi connectivity index (χ2v) is 9.50. The molecule has 0 radical (unpaired) electrons. The van der Waals surface area contributed by atoms with Crippen LogP contribution < -0.4 is 15.4 Å². The Kier molecular flexibility index (Phi) is 6.71. The maximum Gasteiger partial charge on any atom is 0.259 e. The van der Waals surface area contributed by atoms with Crippen LogP contribution in [0.4, 0.5) is 20.2 Å². The first-order chi connectivity index (χ1) is 16.1. The van der Waals surface area contributed by atoms with Crippen LogP contribution in [0.1, 0.15) is 21.8 Å². The lowest BCUT2D eigenvalue weighted by Crippen LogP contribution is -2.19. The highest BCUT2D eigenvalue weighted by Crippen LogP contribution is 2.65. The second-order valence-electron chi connectivity index (χ2n) is 7.65. The molecule has 1 aliphatic carbocycles. The summed E-state index contributed by atoms with van der Waals surface area (Å²) in [6.07, 6.45) is 0. The Morgan fingerprint density at radius 1 is 0.941 bits per heavy atom. The molecule has 2 atom stereocenters. The molecule has 0 aromatic heterocycles. The van der Waals surface area contributed by atoms with E-state index in [1.165, 1.54) is 25.3 Å². The average molecular weight is 526 g/mol. The molecule has 3 aromatic carbocycles. The van der Waals surface area contributed by atoms with Crippen molar-refractivity contribution in [2.45, 2.75) is 10.3 Å². The Bertz CT molecular complexity index is 1270. The third-order valence-corrected chi connectivity index (χ3v) is 6.66. The highest BCUT2D eigenvalue weighted by molar-refractivity contribution is 6.53. The van der Waals surface area contributed by atoms with E-state index in [1.54, 1.807) is 30.3 Å². The Morgan fingerprint density at radius 2 is 1.65 bits per heavy atom. The molecule has 1 aliphatic rings. The number of hydrogen-bond acceptors (Lipinski definition) is 3. The topological polar surface area (TPSA) is 67.4 Å². The summed E-state index contributed by atoms with van der Waals surface area (Å²) >= 11 is 18.5. The summed E-state index contributed by atoms with van der Waals surface area (Å²) in [6, 6.07) is 14.8. The number of hydrogen-bond donors (Lipinski definition) is 2. The fourth-order valence-corrected chi connectivity index (χ4v) is 4.77. The highest BCUT2D eigenvalue weighted by atomic mass is 35.5. The van der Waals surface area contributed by atoms with Gasteiger partial charge in [-0.2, -0.15) is 0 Å². The van der Waals surface area contributed by atoms with Crippen LogP contribution >= 0.6 is 34.8 Å². The van der Waals surface area contributed by atoms with Crippen LogP contribution in [0.3, 0.4) is 0 Å². The average Bonchev–Trinajstić information content (AvgIpc) is 3.38. The number of halogens is 5. The van der Waals surface area contributed by atoms with Gasteiger partial charge < -0.3 is 15.4 Å². The molecule has 176 valence electrons. The van der Waals surface area contributed by atoms with Gasteiger partial charge in [0.1, 0.15) is 10.2 Å². The molecule has 0 bridgehead atoms. The number of alkyl halides is 2. The Hall–Kier alpha value is -2.87. The summed E-state index contributed by atoms with van der Waals surface area (Å²) in [5.74, 6) is -4.54. The second kappa shape index (κ2) is 9.41. The fourth-order valence-electron chi connectivity index (χ4n) is 3.76. The number of nitrogens with one attached hydrogen (secondary N) is 2. The van der Waals surface area contributed by atoms with Crippen molar-refractivity contribution in [1.82, 2.24) is 0 Å². The smallest absolute Gasteiger partial charge is 0.259 e. The zero-order valence-electron chi connectivity index (χ0n) is 17.5. The maximum atomic E-state index is 14.7. The van der Waals surface area contributed by atoms with E-state index in [1.807, 2.05) is 0 Å². The molecule has 0 aliphatic heterocycles. The van der Waals surface area contributed by atoms with Crippen molar-refractivity contribution in [3.63, 3.8) is 0 Å². The third kappa shape index (κ3) is 4.69. The zero-order valence-corrected chi connectivity index (χ0v) is 19.8. The number of amides is 2. The Morgan fingerprint density at radius 3 is 2.29 bits per heavy atom. The molecule has 10 heteroatoms. The molecule has 2 unspecified atom stereocenters. The molecule has 0 heterocycles. The van der Waals surface area contributed by atoms with Crippen LogP contribution in [0.15, 0.2) is 60.7 Å². The molecule has 34 heavy (non-hydrogen) atoms. The van der Waals surface area contributed by atoms with E-state index < -0.39 is 39.6 Å². The van der Waals surface area contributed by atoms with Gasteiger partial charge in [0.15, 0.2) is 11.6 Å². The fraction of sp³-hybridized carbons (Fsp3) is 0.167. The van der Waals surface area contributed by atoms with Crippen LogP contribution in [0, 0.1) is 17.6 Å². The van der Waals surface area contributed by atoms with E-state index in [9.17, 15) is 18.4 Å². The van der Waals surface area contributed by atoms with Crippen molar-refractivity contribution in [1.29, 1.82) is 0 Å². The van der Waals surface area contributed by atoms with Gasteiger partial charge in [0.2, 0.25) is 5.91 Å². The van der Waals surface area contributed by atoms with E-state index in [4.69, 9.17) is 39.5 Å². The standard InChI is InChI=1S/C24H17Cl3F2N2O3/c1-34-21-15(22(32)30-13-5-3-2-4-6-13)10-14(11-18(21)29)31-23(33)20-19(24(20,26)27)12-7-8-17(28)16(25)9-12/h2-11,19-20H,1H3,(H,30,32)(H,31,33). The molecular weight excluding hydrogens is 509 g/mol. The minimum Gasteiger partial charge on any atom is -0.493 e. The van der Waals surface area contributed by atoms with Crippen LogP contribution in [0.5, 0.6) is 5.75 Å². The molecule has 3 aromatic rings. The van der Waals surface area contributed by atoms with Crippen LogP contribution in [0.25, 0.3) is 0 Å². The Balaban J connectivity index is 1.57. The SMILES string of the molecule is COc1c(F)cc(NC(=O)C2C(c3ccc(F)c(Cl)c3)C2(Cl)Cl)cc1C(=O)Nc1ccccc1. The normalized spacial score (nSPS) is 18.2. The first-order valence-corrected chi connectivity index (χ1v) is 11.1. The van der Waals surface area contributed by atoms with E-state index in [0.717, 1.165) is 12.1 Å². The summed E-state index contributed by atoms with van der Waals surface area (Å²) in [5.41, 5.74) is 0.869. The molecule has 0 spiro atoms. The van der Waals surface area contributed by atoms with Gasteiger partial charge in [-0.05, 0) is 35.9 Å². The number of benzene rings is 3. The highest BCUT2D eigenvalue weighted by Gasteiger charge is 2.67. The minimum atomic E-state index is -1.47. The lowest BCUT2D eigenvalue weighted by atomic mass is 10.1. The van der Waals surface area contributed by atoms with Gasteiger partial charge in [-0.25, -0.2) is 8.78 Å². The lowest BCUT2D eigenvalue weighted by molar-refractivity contribution is -0.117. The summed E-state index contributed by atoms with van der Waals surface area (Å²) < 4.78 is 31.8. The molecular formula is C24H17Cl3F2N2O3. The minimum absolute atomic E-state index is 0.00781. The molecule has 4 rings (SSSR count).